The molecule has 1 heterocycles. The fourth-order valence-electron chi connectivity index (χ4n) is 2.44. The molecule has 178 valence electrons. The van der Waals surface area contributed by atoms with Crippen LogP contribution in [0.2, 0.25) is 10.0 Å². The summed E-state index contributed by atoms with van der Waals surface area (Å²) in [4.78, 5) is 34.9. The molecule has 34 heavy (non-hydrogen) atoms. The molecule has 0 aliphatic heterocycles. The lowest BCUT2D eigenvalue weighted by molar-refractivity contribution is -0.385. The third-order valence-electron chi connectivity index (χ3n) is 3.92. The van der Waals surface area contributed by atoms with Crippen LogP contribution in [0.3, 0.4) is 0 Å². The summed E-state index contributed by atoms with van der Waals surface area (Å²) >= 11 is 13.4. The van der Waals surface area contributed by atoms with E-state index in [4.69, 9.17) is 23.2 Å². The Morgan fingerprint density at radius 2 is 1.85 bits per heavy atom. The minimum Gasteiger partial charge on any atom is -0.324 e. The van der Waals surface area contributed by atoms with Crippen molar-refractivity contribution in [2.45, 2.75) is 10.5 Å². The Morgan fingerprint density at radius 3 is 2.53 bits per heavy atom. The standard InChI is InChI=1S/C18H10Cl2F3N5O4S2/c19-9-2-4-13(28(31)32)10(6-9)15(30)25-16-26-27-17(34-16)33-7-14(29)24-12-5-8(18(21,22)23)1-3-11(12)20/h1-6H,7H2,(H,24,29)(H,25,26,30). The van der Waals surface area contributed by atoms with Crippen LogP contribution >= 0.6 is 46.3 Å². The van der Waals surface area contributed by atoms with Gasteiger partial charge < -0.3 is 5.32 Å². The van der Waals surface area contributed by atoms with Gasteiger partial charge in [0, 0.05) is 11.1 Å². The second-order valence-electron chi connectivity index (χ2n) is 6.28. The monoisotopic (exact) mass is 551 g/mol. The highest BCUT2D eigenvalue weighted by molar-refractivity contribution is 8.01. The summed E-state index contributed by atoms with van der Waals surface area (Å²) in [5, 5.41) is 23.3. The maximum absolute atomic E-state index is 12.8. The molecular formula is C18H10Cl2F3N5O4S2. The van der Waals surface area contributed by atoms with Crippen LogP contribution in [0.5, 0.6) is 0 Å². The summed E-state index contributed by atoms with van der Waals surface area (Å²) in [7, 11) is 0. The van der Waals surface area contributed by atoms with Crippen LogP contribution in [0, 0.1) is 10.1 Å². The molecule has 2 amide bonds. The van der Waals surface area contributed by atoms with Gasteiger partial charge in [0.15, 0.2) is 4.34 Å². The average Bonchev–Trinajstić information content (AvgIpc) is 3.20. The highest BCUT2D eigenvalue weighted by atomic mass is 35.5. The largest absolute Gasteiger partial charge is 0.416 e. The molecule has 0 radical (unpaired) electrons. The fraction of sp³-hybridized carbons (Fsp3) is 0.111. The SMILES string of the molecule is O=C(CSc1nnc(NC(=O)c2cc(Cl)ccc2[N+](=O)[O-])s1)Nc1cc(C(F)(F)F)ccc1Cl. The maximum Gasteiger partial charge on any atom is 0.416 e. The minimum atomic E-state index is -4.60. The van der Waals surface area contributed by atoms with E-state index in [9.17, 15) is 32.9 Å². The van der Waals surface area contributed by atoms with Gasteiger partial charge in [-0.1, -0.05) is 46.3 Å². The van der Waals surface area contributed by atoms with Gasteiger partial charge in [-0.15, -0.1) is 10.2 Å². The second kappa shape index (κ2) is 10.5. The van der Waals surface area contributed by atoms with Gasteiger partial charge in [0.25, 0.3) is 11.6 Å². The second-order valence-corrected chi connectivity index (χ2v) is 9.32. The van der Waals surface area contributed by atoms with E-state index in [1.54, 1.807) is 0 Å². The number of nitro groups is 1. The Hall–Kier alpha value is -2.94. The van der Waals surface area contributed by atoms with Crippen molar-refractivity contribution in [1.82, 2.24) is 10.2 Å². The first-order valence-electron chi connectivity index (χ1n) is 8.82. The summed E-state index contributed by atoms with van der Waals surface area (Å²) in [6.45, 7) is 0. The number of hydrogen-bond donors (Lipinski definition) is 2. The first-order valence-corrected chi connectivity index (χ1v) is 11.4. The molecule has 0 fully saturated rings. The van der Waals surface area contributed by atoms with E-state index in [1.165, 1.54) is 6.07 Å². The molecular weight excluding hydrogens is 542 g/mol. The van der Waals surface area contributed by atoms with Crippen LogP contribution in [0.4, 0.5) is 29.7 Å². The smallest absolute Gasteiger partial charge is 0.324 e. The van der Waals surface area contributed by atoms with Crippen molar-refractivity contribution in [2.24, 2.45) is 0 Å². The normalized spacial score (nSPS) is 11.2. The zero-order chi connectivity index (χ0) is 25.0. The number of amides is 2. The number of anilines is 2. The van der Waals surface area contributed by atoms with Crippen LogP contribution in [0.1, 0.15) is 15.9 Å². The number of alkyl halides is 3. The van der Waals surface area contributed by atoms with E-state index in [1.807, 2.05) is 0 Å². The van der Waals surface area contributed by atoms with Gasteiger partial charge in [-0.05, 0) is 30.3 Å². The molecule has 16 heteroatoms. The third kappa shape index (κ3) is 6.56. The lowest BCUT2D eigenvalue weighted by Gasteiger charge is -2.11. The first-order chi connectivity index (χ1) is 15.9. The number of carbonyl (C=O) groups excluding carboxylic acids is 2. The quantitative estimate of drug-likeness (QED) is 0.165. The molecule has 0 saturated heterocycles. The van der Waals surface area contributed by atoms with Crippen molar-refractivity contribution in [2.75, 3.05) is 16.4 Å². The summed E-state index contributed by atoms with van der Waals surface area (Å²) in [6.07, 6.45) is -4.60. The molecule has 0 spiro atoms. The lowest BCUT2D eigenvalue weighted by Crippen LogP contribution is -2.15. The number of carbonyl (C=O) groups is 2. The number of nitrogens with zero attached hydrogens (tertiary/aromatic N) is 3. The van der Waals surface area contributed by atoms with Crippen molar-refractivity contribution < 1.29 is 27.7 Å². The van der Waals surface area contributed by atoms with Crippen LogP contribution in [0.15, 0.2) is 40.7 Å². The Balaban J connectivity index is 1.61. The molecule has 0 atom stereocenters. The Labute approximate surface area is 206 Å². The van der Waals surface area contributed by atoms with Crippen LogP contribution in [-0.4, -0.2) is 32.7 Å². The van der Waals surface area contributed by atoms with E-state index in [0.29, 0.717) is 0 Å². The number of benzene rings is 2. The number of halogens is 5. The average molecular weight is 552 g/mol. The van der Waals surface area contributed by atoms with Crippen molar-refractivity contribution in [3.05, 3.63) is 67.7 Å². The molecule has 0 unspecified atom stereocenters. The summed E-state index contributed by atoms with van der Waals surface area (Å²) in [5.41, 5.74) is -1.90. The number of aromatic nitrogens is 2. The fourth-order valence-corrected chi connectivity index (χ4v) is 4.33. The predicted octanol–water partition coefficient (Wildman–Crippen LogP) is 5.76. The lowest BCUT2D eigenvalue weighted by atomic mass is 10.1. The summed E-state index contributed by atoms with van der Waals surface area (Å²) in [5.74, 6) is -1.73. The highest BCUT2D eigenvalue weighted by Gasteiger charge is 2.31. The number of nitrogens with one attached hydrogen (secondary N) is 2. The molecule has 1 aromatic heterocycles. The van der Waals surface area contributed by atoms with Crippen molar-refractivity contribution >= 4 is 74.6 Å². The summed E-state index contributed by atoms with van der Waals surface area (Å²) in [6, 6.07) is 6.04. The van der Waals surface area contributed by atoms with Gasteiger partial charge >= 0.3 is 6.18 Å². The van der Waals surface area contributed by atoms with Gasteiger partial charge in [-0.3, -0.25) is 25.0 Å². The predicted molar refractivity (Wildman–Crippen MR) is 122 cm³/mol. The van der Waals surface area contributed by atoms with Crippen molar-refractivity contribution in [1.29, 1.82) is 0 Å². The number of nitro benzene ring substituents is 1. The zero-order valence-electron chi connectivity index (χ0n) is 16.4. The number of thioether (sulfide) groups is 1. The van der Waals surface area contributed by atoms with E-state index >= 15 is 0 Å². The van der Waals surface area contributed by atoms with Crippen LogP contribution in [-0.2, 0) is 11.0 Å². The Morgan fingerprint density at radius 1 is 1.12 bits per heavy atom. The van der Waals surface area contributed by atoms with E-state index in [2.05, 4.69) is 20.8 Å². The van der Waals surface area contributed by atoms with E-state index in [0.717, 1.165) is 53.4 Å². The maximum atomic E-state index is 12.8. The van der Waals surface area contributed by atoms with Gasteiger partial charge in [-0.25, -0.2) is 0 Å². The van der Waals surface area contributed by atoms with Gasteiger partial charge in [-0.2, -0.15) is 13.2 Å². The van der Waals surface area contributed by atoms with Gasteiger partial charge in [0.1, 0.15) is 5.56 Å². The Bertz CT molecular complexity index is 1270. The molecule has 2 N–H and O–H groups in total. The first kappa shape index (κ1) is 25.7. The zero-order valence-corrected chi connectivity index (χ0v) is 19.5. The molecule has 3 rings (SSSR count). The minimum absolute atomic E-state index is 0.00287. The molecule has 0 saturated carbocycles. The molecule has 0 bridgehead atoms. The van der Waals surface area contributed by atoms with Crippen molar-refractivity contribution in [3.8, 4) is 0 Å². The van der Waals surface area contributed by atoms with Crippen LogP contribution in [0.25, 0.3) is 0 Å². The molecule has 0 aliphatic carbocycles. The molecule has 0 aliphatic rings. The molecule has 3 aromatic rings. The Kier molecular flexibility index (Phi) is 7.97. The van der Waals surface area contributed by atoms with Gasteiger partial charge in [0.05, 0.1) is 26.9 Å². The summed E-state index contributed by atoms with van der Waals surface area (Å²) < 4.78 is 38.8. The highest BCUT2D eigenvalue weighted by Crippen LogP contribution is 2.34. The van der Waals surface area contributed by atoms with Crippen LogP contribution < -0.4 is 10.6 Å². The van der Waals surface area contributed by atoms with Crippen molar-refractivity contribution in [3.63, 3.8) is 0 Å². The molecule has 2 aromatic carbocycles. The topological polar surface area (TPSA) is 127 Å². The number of rotatable bonds is 7. The number of hydrogen-bond acceptors (Lipinski definition) is 8. The van der Waals surface area contributed by atoms with E-state index in [-0.39, 0.29) is 36.5 Å². The van der Waals surface area contributed by atoms with E-state index < -0.39 is 34.2 Å². The molecule has 9 nitrogen and oxygen atoms in total. The van der Waals surface area contributed by atoms with Gasteiger partial charge in [0.2, 0.25) is 11.0 Å². The third-order valence-corrected chi connectivity index (χ3v) is 6.46.